The van der Waals surface area contributed by atoms with Crippen LogP contribution in [0.15, 0.2) is 18.2 Å². The van der Waals surface area contributed by atoms with Crippen LogP contribution in [-0.2, 0) is 10.0 Å². The Morgan fingerprint density at radius 1 is 1.40 bits per heavy atom. The zero-order valence-electron chi connectivity index (χ0n) is 8.33. The van der Waals surface area contributed by atoms with Crippen LogP contribution in [0.2, 0.25) is 5.02 Å². The van der Waals surface area contributed by atoms with Gasteiger partial charge in [-0.15, -0.1) is 0 Å². The number of hydrogen-bond acceptors (Lipinski definition) is 2. The lowest BCUT2D eigenvalue weighted by Crippen LogP contribution is -2.09. The van der Waals surface area contributed by atoms with Gasteiger partial charge in [-0.1, -0.05) is 17.7 Å². The molecule has 1 fully saturated rings. The highest BCUT2D eigenvalue weighted by Crippen LogP contribution is 2.43. The molecule has 3 nitrogen and oxygen atoms in total. The number of halogens is 1. The van der Waals surface area contributed by atoms with Crippen molar-refractivity contribution in [1.82, 2.24) is 0 Å². The molecule has 1 aromatic rings. The Balaban J connectivity index is 2.25. The van der Waals surface area contributed by atoms with Gasteiger partial charge in [-0.25, -0.2) is 8.42 Å². The molecule has 0 spiro atoms. The fraction of sp³-hybridized carbons (Fsp3) is 0.400. The first-order valence-electron chi connectivity index (χ1n) is 4.73. The van der Waals surface area contributed by atoms with Gasteiger partial charge in [0.05, 0.1) is 6.26 Å². The van der Waals surface area contributed by atoms with Crippen LogP contribution in [0.5, 0.6) is 0 Å². The lowest BCUT2D eigenvalue weighted by Gasteiger charge is -2.07. The molecule has 1 aliphatic rings. The molecular weight excluding hydrogens is 234 g/mol. The molecule has 5 heteroatoms. The summed E-state index contributed by atoms with van der Waals surface area (Å²) >= 11 is 6.06. The number of benzene rings is 1. The molecule has 0 radical (unpaired) electrons. The minimum atomic E-state index is -3.22. The summed E-state index contributed by atoms with van der Waals surface area (Å²) in [6.45, 7) is 0. The van der Waals surface area contributed by atoms with Gasteiger partial charge in [-0.3, -0.25) is 4.72 Å². The van der Waals surface area contributed by atoms with Crippen molar-refractivity contribution in [3.05, 3.63) is 28.8 Å². The summed E-state index contributed by atoms with van der Waals surface area (Å²) in [7, 11) is -3.22. The number of sulfonamides is 1. The van der Waals surface area contributed by atoms with Crippen LogP contribution in [0, 0.1) is 0 Å². The second kappa shape index (κ2) is 3.68. The first-order valence-corrected chi connectivity index (χ1v) is 7.00. The maximum atomic E-state index is 11.0. The first-order chi connectivity index (χ1) is 6.96. The summed E-state index contributed by atoms with van der Waals surface area (Å²) in [5, 5.41) is 0.645. The van der Waals surface area contributed by atoms with E-state index >= 15 is 0 Å². The van der Waals surface area contributed by atoms with Crippen molar-refractivity contribution in [2.45, 2.75) is 18.8 Å². The molecule has 2 rings (SSSR count). The molecule has 82 valence electrons. The van der Waals surface area contributed by atoms with Gasteiger partial charge in [0.25, 0.3) is 0 Å². The predicted octanol–water partition coefficient (Wildman–Crippen LogP) is 2.59. The van der Waals surface area contributed by atoms with Crippen molar-refractivity contribution in [3.63, 3.8) is 0 Å². The van der Waals surface area contributed by atoms with Gasteiger partial charge in [-0.05, 0) is 36.5 Å². The number of nitrogens with one attached hydrogen (secondary N) is 1. The summed E-state index contributed by atoms with van der Waals surface area (Å²) in [6, 6.07) is 5.31. The fourth-order valence-electron chi connectivity index (χ4n) is 1.53. The molecule has 0 atom stereocenters. The van der Waals surface area contributed by atoms with Crippen molar-refractivity contribution >= 4 is 27.3 Å². The Morgan fingerprint density at radius 3 is 2.53 bits per heavy atom. The average molecular weight is 246 g/mol. The average Bonchev–Trinajstić information content (AvgIpc) is 2.84. The smallest absolute Gasteiger partial charge is 0.229 e. The minimum absolute atomic E-state index is 0.520. The van der Waals surface area contributed by atoms with E-state index in [1.54, 1.807) is 12.1 Å². The van der Waals surface area contributed by atoms with E-state index in [-0.39, 0.29) is 0 Å². The van der Waals surface area contributed by atoms with Crippen LogP contribution in [0.4, 0.5) is 5.69 Å². The van der Waals surface area contributed by atoms with Crippen LogP contribution < -0.4 is 4.72 Å². The Bertz CT molecular complexity index is 480. The van der Waals surface area contributed by atoms with Crippen LogP contribution in [0.3, 0.4) is 0 Å². The highest BCUT2D eigenvalue weighted by molar-refractivity contribution is 7.92. The highest BCUT2D eigenvalue weighted by Gasteiger charge is 2.25. The van der Waals surface area contributed by atoms with Gasteiger partial charge in [-0.2, -0.15) is 0 Å². The molecule has 0 bridgehead atoms. The highest BCUT2D eigenvalue weighted by atomic mass is 35.5. The Hall–Kier alpha value is -0.740. The fourth-order valence-corrected chi connectivity index (χ4v) is 2.42. The Morgan fingerprint density at radius 2 is 2.07 bits per heavy atom. The van der Waals surface area contributed by atoms with Crippen molar-refractivity contribution < 1.29 is 8.42 Å². The first kappa shape index (κ1) is 10.8. The third-order valence-electron chi connectivity index (χ3n) is 2.32. The van der Waals surface area contributed by atoms with Crippen molar-refractivity contribution in [3.8, 4) is 0 Å². The number of anilines is 1. The summed E-state index contributed by atoms with van der Waals surface area (Å²) in [5.74, 6) is 0.574. The third-order valence-corrected chi connectivity index (χ3v) is 3.25. The van der Waals surface area contributed by atoms with E-state index in [1.807, 2.05) is 6.07 Å². The molecule has 15 heavy (non-hydrogen) atoms. The van der Waals surface area contributed by atoms with Crippen LogP contribution in [0.1, 0.15) is 24.3 Å². The standard InChI is InChI=1S/C10H12ClNO2S/c1-15(13,14)12-8-4-5-9(7-2-3-7)10(11)6-8/h4-7,12H,2-3H2,1H3. The third kappa shape index (κ3) is 2.86. The van der Waals surface area contributed by atoms with Gasteiger partial charge in [0.1, 0.15) is 0 Å². The van der Waals surface area contributed by atoms with Crippen LogP contribution >= 0.6 is 11.6 Å². The van der Waals surface area contributed by atoms with Gasteiger partial charge >= 0.3 is 0 Å². The van der Waals surface area contributed by atoms with Crippen LogP contribution in [-0.4, -0.2) is 14.7 Å². The molecule has 0 amide bonds. The van der Waals surface area contributed by atoms with Crippen molar-refractivity contribution in [2.24, 2.45) is 0 Å². The van der Waals surface area contributed by atoms with E-state index in [9.17, 15) is 8.42 Å². The molecule has 1 aliphatic carbocycles. The second-order valence-electron chi connectivity index (χ2n) is 3.88. The molecule has 0 saturated heterocycles. The summed E-state index contributed by atoms with van der Waals surface area (Å²) in [6.07, 6.45) is 3.48. The summed E-state index contributed by atoms with van der Waals surface area (Å²) in [4.78, 5) is 0. The molecule has 1 aromatic carbocycles. The maximum Gasteiger partial charge on any atom is 0.229 e. The Labute approximate surface area is 94.5 Å². The largest absolute Gasteiger partial charge is 0.284 e. The van der Waals surface area contributed by atoms with Gasteiger partial charge in [0.15, 0.2) is 0 Å². The van der Waals surface area contributed by atoms with E-state index in [1.165, 1.54) is 12.8 Å². The SMILES string of the molecule is CS(=O)(=O)Nc1ccc(C2CC2)c(Cl)c1. The molecular formula is C10H12ClNO2S. The predicted molar refractivity (Wildman–Crippen MR) is 61.9 cm³/mol. The molecule has 0 aliphatic heterocycles. The lowest BCUT2D eigenvalue weighted by atomic mass is 10.1. The van der Waals surface area contributed by atoms with E-state index in [4.69, 9.17) is 11.6 Å². The minimum Gasteiger partial charge on any atom is -0.284 e. The van der Waals surface area contributed by atoms with Crippen molar-refractivity contribution in [2.75, 3.05) is 11.0 Å². The van der Waals surface area contributed by atoms with Gasteiger partial charge in [0, 0.05) is 10.7 Å². The normalized spacial score (nSPS) is 16.4. The Kier molecular flexibility index (Phi) is 2.64. The summed E-state index contributed by atoms with van der Waals surface area (Å²) < 4.78 is 24.4. The molecule has 0 heterocycles. The second-order valence-corrected chi connectivity index (χ2v) is 6.04. The van der Waals surface area contributed by atoms with E-state index in [0.29, 0.717) is 16.6 Å². The zero-order valence-corrected chi connectivity index (χ0v) is 9.90. The van der Waals surface area contributed by atoms with E-state index in [2.05, 4.69) is 4.72 Å². The quantitative estimate of drug-likeness (QED) is 0.890. The topological polar surface area (TPSA) is 46.2 Å². The van der Waals surface area contributed by atoms with Gasteiger partial charge < -0.3 is 0 Å². The number of hydrogen-bond donors (Lipinski definition) is 1. The van der Waals surface area contributed by atoms with Crippen LogP contribution in [0.25, 0.3) is 0 Å². The lowest BCUT2D eigenvalue weighted by molar-refractivity contribution is 0.607. The van der Waals surface area contributed by atoms with E-state index in [0.717, 1.165) is 11.8 Å². The van der Waals surface area contributed by atoms with Crippen molar-refractivity contribution in [1.29, 1.82) is 0 Å². The number of rotatable bonds is 3. The monoisotopic (exact) mass is 245 g/mol. The maximum absolute atomic E-state index is 11.0. The molecule has 1 saturated carbocycles. The van der Waals surface area contributed by atoms with Gasteiger partial charge in [0.2, 0.25) is 10.0 Å². The molecule has 0 unspecified atom stereocenters. The zero-order chi connectivity index (χ0) is 11.1. The summed E-state index contributed by atoms with van der Waals surface area (Å²) in [5.41, 5.74) is 1.64. The molecule has 1 N–H and O–H groups in total. The van der Waals surface area contributed by atoms with E-state index < -0.39 is 10.0 Å². The molecule has 0 aromatic heterocycles.